The van der Waals surface area contributed by atoms with E-state index in [1.165, 1.54) is 9.95 Å². The molecule has 1 aromatic carbocycles. The average Bonchev–Trinajstić information content (AvgIpc) is 2.87. The third kappa shape index (κ3) is 2.51. The Morgan fingerprint density at radius 3 is 2.91 bits per heavy atom. The van der Waals surface area contributed by atoms with Gasteiger partial charge in [-0.2, -0.15) is 0 Å². The molecule has 0 saturated heterocycles. The van der Waals surface area contributed by atoms with Gasteiger partial charge in [-0.15, -0.1) is 11.3 Å². The molecule has 112 valence electrons. The number of fused-ring (bicyclic) bond motifs is 1. The fraction of sp³-hybridized carbons (Fsp3) is 0.133. The normalized spacial score (nSPS) is 11.0. The summed E-state index contributed by atoms with van der Waals surface area (Å²) in [7, 11) is 0. The molecule has 0 aliphatic rings. The van der Waals surface area contributed by atoms with Gasteiger partial charge in [0.2, 0.25) is 0 Å². The van der Waals surface area contributed by atoms with E-state index in [1.807, 2.05) is 6.07 Å². The molecule has 5 nitrogen and oxygen atoms in total. The van der Waals surface area contributed by atoms with E-state index >= 15 is 0 Å². The van der Waals surface area contributed by atoms with Crippen LogP contribution in [0.1, 0.15) is 21.7 Å². The van der Waals surface area contributed by atoms with Gasteiger partial charge in [0.15, 0.2) is 0 Å². The van der Waals surface area contributed by atoms with Crippen molar-refractivity contribution in [1.82, 2.24) is 9.55 Å². The van der Waals surface area contributed by atoms with Crippen LogP contribution in [-0.4, -0.2) is 20.6 Å². The number of rotatable bonds is 3. The SMILES string of the molecule is Cc1nc2scc(C(=O)O)c2c(=O)n1Cc1cccc(Cl)c1. The Morgan fingerprint density at radius 2 is 2.23 bits per heavy atom. The molecular weight excluding hydrogens is 324 g/mol. The van der Waals surface area contributed by atoms with E-state index in [9.17, 15) is 14.7 Å². The zero-order valence-electron chi connectivity index (χ0n) is 11.5. The summed E-state index contributed by atoms with van der Waals surface area (Å²) >= 11 is 7.12. The first-order chi connectivity index (χ1) is 10.5. The number of halogens is 1. The minimum absolute atomic E-state index is 0.00246. The second-order valence-electron chi connectivity index (χ2n) is 4.81. The number of thiophene rings is 1. The van der Waals surface area contributed by atoms with Crippen LogP contribution in [0, 0.1) is 6.92 Å². The Balaban J connectivity index is 2.19. The molecule has 0 atom stereocenters. The molecule has 0 spiro atoms. The van der Waals surface area contributed by atoms with E-state index in [0.29, 0.717) is 22.2 Å². The molecule has 3 rings (SSSR count). The van der Waals surface area contributed by atoms with Crippen LogP contribution in [0.5, 0.6) is 0 Å². The second kappa shape index (κ2) is 5.55. The summed E-state index contributed by atoms with van der Waals surface area (Å²) in [6, 6.07) is 7.18. The van der Waals surface area contributed by atoms with Crippen molar-refractivity contribution >= 4 is 39.1 Å². The van der Waals surface area contributed by atoms with Crippen molar-refractivity contribution in [3.05, 3.63) is 62.0 Å². The first-order valence-electron chi connectivity index (χ1n) is 6.43. The van der Waals surface area contributed by atoms with Gasteiger partial charge in [-0.25, -0.2) is 9.78 Å². The van der Waals surface area contributed by atoms with Gasteiger partial charge < -0.3 is 5.11 Å². The van der Waals surface area contributed by atoms with Crippen LogP contribution in [0.3, 0.4) is 0 Å². The number of aromatic nitrogens is 2. The van der Waals surface area contributed by atoms with Gasteiger partial charge in [0.05, 0.1) is 17.5 Å². The largest absolute Gasteiger partial charge is 0.478 e. The second-order valence-corrected chi connectivity index (χ2v) is 6.11. The summed E-state index contributed by atoms with van der Waals surface area (Å²) in [6.07, 6.45) is 0. The minimum atomic E-state index is -1.12. The van der Waals surface area contributed by atoms with E-state index in [-0.39, 0.29) is 16.5 Å². The molecular formula is C15H11ClN2O3S. The number of benzene rings is 1. The lowest BCUT2D eigenvalue weighted by atomic mass is 10.2. The molecule has 0 aliphatic heterocycles. The number of carboxylic acid groups (broad SMARTS) is 1. The maximum absolute atomic E-state index is 12.7. The topological polar surface area (TPSA) is 72.2 Å². The Morgan fingerprint density at radius 1 is 1.45 bits per heavy atom. The molecule has 7 heteroatoms. The van der Waals surface area contributed by atoms with Crippen LogP contribution in [0.15, 0.2) is 34.4 Å². The van der Waals surface area contributed by atoms with Crippen molar-refractivity contribution in [1.29, 1.82) is 0 Å². The van der Waals surface area contributed by atoms with Gasteiger partial charge in [0, 0.05) is 10.4 Å². The summed E-state index contributed by atoms with van der Waals surface area (Å²) in [6.45, 7) is 2.02. The highest BCUT2D eigenvalue weighted by Crippen LogP contribution is 2.22. The lowest BCUT2D eigenvalue weighted by Gasteiger charge is -2.10. The van der Waals surface area contributed by atoms with E-state index < -0.39 is 5.97 Å². The van der Waals surface area contributed by atoms with Gasteiger partial charge in [0.1, 0.15) is 10.7 Å². The van der Waals surface area contributed by atoms with Crippen LogP contribution < -0.4 is 5.56 Å². The van der Waals surface area contributed by atoms with Crippen LogP contribution in [0.4, 0.5) is 0 Å². The highest BCUT2D eigenvalue weighted by molar-refractivity contribution is 7.17. The zero-order chi connectivity index (χ0) is 15.9. The van der Waals surface area contributed by atoms with E-state index in [4.69, 9.17) is 11.6 Å². The Kier molecular flexibility index (Phi) is 3.72. The van der Waals surface area contributed by atoms with Gasteiger partial charge in [-0.3, -0.25) is 9.36 Å². The molecule has 0 unspecified atom stereocenters. The number of carbonyl (C=O) groups is 1. The third-order valence-corrected chi connectivity index (χ3v) is 4.45. The molecule has 0 aliphatic carbocycles. The van der Waals surface area contributed by atoms with Crippen molar-refractivity contribution in [2.45, 2.75) is 13.5 Å². The fourth-order valence-electron chi connectivity index (χ4n) is 2.29. The van der Waals surface area contributed by atoms with Crippen molar-refractivity contribution < 1.29 is 9.90 Å². The van der Waals surface area contributed by atoms with Crippen LogP contribution in [-0.2, 0) is 6.54 Å². The Hall–Kier alpha value is -2.18. The number of nitrogens with zero attached hydrogens (tertiary/aromatic N) is 2. The maximum atomic E-state index is 12.7. The van der Waals surface area contributed by atoms with E-state index in [0.717, 1.165) is 16.9 Å². The predicted octanol–water partition coefficient (Wildman–Crippen LogP) is 3.17. The molecule has 0 bridgehead atoms. The number of aryl methyl sites for hydroxylation is 1. The smallest absolute Gasteiger partial charge is 0.337 e. The predicted molar refractivity (Wildman–Crippen MR) is 86.1 cm³/mol. The number of hydrogen-bond donors (Lipinski definition) is 1. The molecule has 22 heavy (non-hydrogen) atoms. The molecule has 0 fully saturated rings. The average molecular weight is 335 g/mol. The Labute approximate surface area is 134 Å². The van der Waals surface area contributed by atoms with E-state index in [2.05, 4.69) is 4.98 Å². The standard InChI is InChI=1S/C15H11ClN2O3S/c1-8-17-13-12(11(7-22-13)15(20)21)14(19)18(8)6-9-3-2-4-10(16)5-9/h2-5,7H,6H2,1H3,(H,20,21). The summed E-state index contributed by atoms with van der Waals surface area (Å²) in [5, 5.41) is 11.4. The first kappa shape index (κ1) is 14.7. The lowest BCUT2D eigenvalue weighted by Crippen LogP contribution is -2.25. The minimum Gasteiger partial charge on any atom is -0.478 e. The lowest BCUT2D eigenvalue weighted by molar-refractivity contribution is 0.0699. The molecule has 0 radical (unpaired) electrons. The molecule has 2 aromatic heterocycles. The molecule has 0 amide bonds. The van der Waals surface area contributed by atoms with Crippen molar-refractivity contribution in [3.63, 3.8) is 0 Å². The van der Waals surface area contributed by atoms with Crippen LogP contribution in [0.25, 0.3) is 10.2 Å². The summed E-state index contributed by atoms with van der Waals surface area (Å²) in [5.41, 5.74) is 0.504. The summed E-state index contributed by atoms with van der Waals surface area (Å²) in [4.78, 5) is 28.7. The summed E-state index contributed by atoms with van der Waals surface area (Å²) < 4.78 is 1.47. The highest BCUT2D eigenvalue weighted by atomic mass is 35.5. The molecule has 3 aromatic rings. The number of carboxylic acids is 1. The quantitative estimate of drug-likeness (QED) is 0.798. The highest BCUT2D eigenvalue weighted by Gasteiger charge is 2.18. The van der Waals surface area contributed by atoms with Gasteiger partial charge in [-0.1, -0.05) is 23.7 Å². The molecule has 2 heterocycles. The van der Waals surface area contributed by atoms with Gasteiger partial charge in [0.25, 0.3) is 5.56 Å². The van der Waals surface area contributed by atoms with Crippen molar-refractivity contribution in [2.75, 3.05) is 0 Å². The fourth-order valence-corrected chi connectivity index (χ4v) is 3.45. The maximum Gasteiger partial charge on any atom is 0.337 e. The Bertz CT molecular complexity index is 946. The number of aromatic carboxylic acids is 1. The first-order valence-corrected chi connectivity index (χ1v) is 7.69. The zero-order valence-corrected chi connectivity index (χ0v) is 13.1. The third-order valence-electron chi connectivity index (χ3n) is 3.34. The van der Waals surface area contributed by atoms with Crippen LogP contribution >= 0.6 is 22.9 Å². The summed E-state index contributed by atoms with van der Waals surface area (Å²) in [5.74, 6) is -0.584. The monoisotopic (exact) mass is 334 g/mol. The van der Waals surface area contributed by atoms with Crippen molar-refractivity contribution in [2.24, 2.45) is 0 Å². The van der Waals surface area contributed by atoms with Crippen LogP contribution in [0.2, 0.25) is 5.02 Å². The van der Waals surface area contributed by atoms with E-state index in [1.54, 1.807) is 25.1 Å². The van der Waals surface area contributed by atoms with Gasteiger partial charge in [-0.05, 0) is 24.6 Å². The molecule has 0 saturated carbocycles. The van der Waals surface area contributed by atoms with Crippen molar-refractivity contribution in [3.8, 4) is 0 Å². The number of hydrogen-bond acceptors (Lipinski definition) is 4. The van der Waals surface area contributed by atoms with Gasteiger partial charge >= 0.3 is 5.97 Å². The molecule has 1 N–H and O–H groups in total.